The third kappa shape index (κ3) is 6.70. The lowest BCUT2D eigenvalue weighted by Gasteiger charge is -2.12. The van der Waals surface area contributed by atoms with Crippen LogP contribution < -0.4 is 5.32 Å². The first-order valence-corrected chi connectivity index (χ1v) is 8.99. The largest absolute Gasteiger partial charge is 0.353 e. The van der Waals surface area contributed by atoms with Gasteiger partial charge in [0.2, 0.25) is 11.8 Å². The van der Waals surface area contributed by atoms with Gasteiger partial charge < -0.3 is 9.84 Å². The summed E-state index contributed by atoms with van der Waals surface area (Å²) in [5, 5.41) is 6.35. The van der Waals surface area contributed by atoms with Crippen LogP contribution in [0.15, 0.2) is 4.52 Å². The van der Waals surface area contributed by atoms with Crippen LogP contribution in [0.4, 0.5) is 0 Å². The lowest BCUT2D eigenvalue weighted by atomic mass is 10.2. The van der Waals surface area contributed by atoms with E-state index in [4.69, 9.17) is 4.52 Å². The highest BCUT2D eigenvalue weighted by Gasteiger charge is 2.21. The van der Waals surface area contributed by atoms with Crippen molar-refractivity contribution >= 4 is 15.7 Å². The number of nitrogens with one attached hydrogen (secondary N) is 1. The van der Waals surface area contributed by atoms with Crippen molar-refractivity contribution in [3.8, 4) is 0 Å². The molecule has 0 unspecified atom stereocenters. The summed E-state index contributed by atoms with van der Waals surface area (Å²) in [5.41, 5.74) is 0. The molecule has 1 heterocycles. The van der Waals surface area contributed by atoms with Gasteiger partial charge in [-0.25, -0.2) is 8.42 Å². The van der Waals surface area contributed by atoms with Gasteiger partial charge in [0.1, 0.15) is 11.5 Å². The Morgan fingerprint density at radius 1 is 1.33 bits per heavy atom. The average molecular weight is 317 g/mol. The number of nitrogens with zero attached hydrogens (tertiary/aromatic N) is 2. The fraction of sp³-hybridized carbons (Fsp3) is 0.769. The van der Waals surface area contributed by atoms with Crippen LogP contribution in [0.2, 0.25) is 0 Å². The Kier molecular flexibility index (Phi) is 6.80. The SMILES string of the molecule is CCCc1noc(CS(=O)(=O)CC(=O)N[C@@H](C)CCC)n1. The van der Waals surface area contributed by atoms with Gasteiger partial charge >= 0.3 is 0 Å². The zero-order valence-electron chi connectivity index (χ0n) is 12.8. The van der Waals surface area contributed by atoms with Crippen LogP contribution in [0.5, 0.6) is 0 Å². The molecule has 0 aliphatic carbocycles. The lowest BCUT2D eigenvalue weighted by molar-refractivity contribution is -0.119. The van der Waals surface area contributed by atoms with Crippen LogP contribution in [0.25, 0.3) is 0 Å². The molecule has 0 aliphatic heterocycles. The topological polar surface area (TPSA) is 102 Å². The molecule has 0 aromatic carbocycles. The van der Waals surface area contributed by atoms with E-state index in [1.165, 1.54) is 0 Å². The minimum Gasteiger partial charge on any atom is -0.353 e. The van der Waals surface area contributed by atoms with Crippen LogP contribution in [0.3, 0.4) is 0 Å². The number of hydrogen-bond donors (Lipinski definition) is 1. The van der Waals surface area contributed by atoms with Crippen LogP contribution >= 0.6 is 0 Å². The number of hydrogen-bond acceptors (Lipinski definition) is 6. The van der Waals surface area contributed by atoms with Crippen molar-refractivity contribution < 1.29 is 17.7 Å². The third-order valence-electron chi connectivity index (χ3n) is 2.81. The zero-order chi connectivity index (χ0) is 15.9. The van der Waals surface area contributed by atoms with Crippen LogP contribution in [-0.2, 0) is 26.8 Å². The molecule has 1 aromatic heterocycles. The Morgan fingerprint density at radius 3 is 2.67 bits per heavy atom. The highest BCUT2D eigenvalue weighted by molar-refractivity contribution is 7.91. The zero-order valence-corrected chi connectivity index (χ0v) is 13.6. The van der Waals surface area contributed by atoms with E-state index in [9.17, 15) is 13.2 Å². The molecule has 0 bridgehead atoms. The van der Waals surface area contributed by atoms with Gasteiger partial charge in [0, 0.05) is 12.5 Å². The summed E-state index contributed by atoms with van der Waals surface area (Å²) in [6.07, 6.45) is 3.23. The van der Waals surface area contributed by atoms with Gasteiger partial charge in [-0.05, 0) is 19.8 Å². The van der Waals surface area contributed by atoms with E-state index in [0.717, 1.165) is 19.3 Å². The van der Waals surface area contributed by atoms with Gasteiger partial charge in [-0.2, -0.15) is 4.98 Å². The van der Waals surface area contributed by atoms with Gasteiger partial charge in [-0.3, -0.25) is 4.79 Å². The van der Waals surface area contributed by atoms with Crippen LogP contribution in [0.1, 0.15) is 51.7 Å². The molecule has 21 heavy (non-hydrogen) atoms. The summed E-state index contributed by atoms with van der Waals surface area (Å²) in [6.45, 7) is 5.82. The lowest BCUT2D eigenvalue weighted by Crippen LogP contribution is -2.37. The fourth-order valence-corrected chi connectivity index (χ4v) is 3.01. The summed E-state index contributed by atoms with van der Waals surface area (Å²) in [6, 6.07) is -0.0303. The van der Waals surface area contributed by atoms with Crippen molar-refractivity contribution in [3.05, 3.63) is 11.7 Å². The quantitative estimate of drug-likeness (QED) is 0.735. The third-order valence-corrected chi connectivity index (χ3v) is 4.20. The van der Waals surface area contributed by atoms with Crippen molar-refractivity contribution in [2.24, 2.45) is 0 Å². The van der Waals surface area contributed by atoms with E-state index >= 15 is 0 Å². The molecule has 8 heteroatoms. The summed E-state index contributed by atoms with van der Waals surface area (Å²) in [7, 11) is -3.60. The second-order valence-corrected chi connectivity index (χ2v) is 7.21. The van der Waals surface area contributed by atoms with Gasteiger partial charge in [-0.15, -0.1) is 0 Å². The Hall–Kier alpha value is -1.44. The monoisotopic (exact) mass is 317 g/mol. The first-order valence-electron chi connectivity index (χ1n) is 7.17. The minimum absolute atomic E-state index is 0.0303. The van der Waals surface area contributed by atoms with Gasteiger partial charge in [-0.1, -0.05) is 25.4 Å². The first kappa shape index (κ1) is 17.6. The smallest absolute Gasteiger partial charge is 0.241 e. The van der Waals surface area contributed by atoms with E-state index in [1.807, 2.05) is 20.8 Å². The van der Waals surface area contributed by atoms with Crippen molar-refractivity contribution in [2.45, 2.75) is 58.2 Å². The molecule has 0 fully saturated rings. The molecule has 0 radical (unpaired) electrons. The highest BCUT2D eigenvalue weighted by Crippen LogP contribution is 2.06. The summed E-state index contributed by atoms with van der Waals surface area (Å²) < 4.78 is 28.7. The van der Waals surface area contributed by atoms with Crippen molar-refractivity contribution in [1.29, 1.82) is 0 Å². The first-order chi connectivity index (χ1) is 9.86. The van der Waals surface area contributed by atoms with Crippen LogP contribution in [-0.4, -0.2) is 36.3 Å². The Balaban J connectivity index is 2.54. The predicted octanol–water partition coefficient (Wildman–Crippen LogP) is 1.24. The van der Waals surface area contributed by atoms with Crippen molar-refractivity contribution in [3.63, 3.8) is 0 Å². The molecule has 0 saturated heterocycles. The average Bonchev–Trinajstić information content (AvgIpc) is 2.75. The molecule has 7 nitrogen and oxygen atoms in total. The molecular weight excluding hydrogens is 294 g/mol. The Morgan fingerprint density at radius 2 is 2.05 bits per heavy atom. The molecule has 120 valence electrons. The van der Waals surface area contributed by atoms with Gasteiger partial charge in [0.25, 0.3) is 0 Å². The Bertz CT molecular complexity index is 554. The number of sulfone groups is 1. The summed E-state index contributed by atoms with van der Waals surface area (Å²) in [4.78, 5) is 15.7. The summed E-state index contributed by atoms with van der Waals surface area (Å²) in [5.74, 6) is -0.938. The van der Waals surface area contributed by atoms with Gasteiger partial charge in [0.15, 0.2) is 15.7 Å². The minimum atomic E-state index is -3.60. The maximum absolute atomic E-state index is 11.9. The molecular formula is C13H23N3O4S. The number of aryl methyl sites for hydroxylation is 1. The molecule has 1 aromatic rings. The normalized spacial score (nSPS) is 13.1. The Labute approximate surface area is 125 Å². The molecule has 1 atom stereocenters. The number of amides is 1. The van der Waals surface area contributed by atoms with Gasteiger partial charge in [0.05, 0.1) is 0 Å². The van der Waals surface area contributed by atoms with Crippen molar-refractivity contribution in [1.82, 2.24) is 15.5 Å². The molecule has 0 aliphatic rings. The highest BCUT2D eigenvalue weighted by atomic mass is 32.2. The maximum Gasteiger partial charge on any atom is 0.241 e. The maximum atomic E-state index is 11.9. The molecule has 0 saturated carbocycles. The molecule has 1 N–H and O–H groups in total. The molecule has 1 amide bonds. The van der Waals surface area contributed by atoms with E-state index in [0.29, 0.717) is 12.2 Å². The second-order valence-electron chi connectivity index (χ2n) is 5.14. The predicted molar refractivity (Wildman–Crippen MR) is 78.3 cm³/mol. The standard InChI is InChI=1S/C13H23N3O4S/c1-4-6-10(3)14-12(17)8-21(18,19)9-13-15-11(7-5-2)16-20-13/h10H,4-9H2,1-3H3,(H,14,17)/t10-/m0/s1. The van der Waals surface area contributed by atoms with Crippen molar-refractivity contribution in [2.75, 3.05) is 5.75 Å². The molecule has 0 spiro atoms. The van der Waals surface area contributed by atoms with E-state index in [1.54, 1.807) is 0 Å². The second kappa shape index (κ2) is 8.11. The number of rotatable bonds is 9. The van der Waals surface area contributed by atoms with E-state index < -0.39 is 27.3 Å². The fourth-order valence-electron chi connectivity index (χ4n) is 1.93. The molecule has 1 rings (SSSR count). The van der Waals surface area contributed by atoms with E-state index in [2.05, 4.69) is 15.5 Å². The number of aromatic nitrogens is 2. The number of carbonyl (C=O) groups excluding carboxylic acids is 1. The van der Waals surface area contributed by atoms with Crippen LogP contribution in [0, 0.1) is 0 Å². The number of carbonyl (C=O) groups is 1. The van der Waals surface area contributed by atoms with E-state index in [-0.39, 0.29) is 11.9 Å². The summed E-state index contributed by atoms with van der Waals surface area (Å²) >= 11 is 0.